The highest BCUT2D eigenvalue weighted by Gasteiger charge is 2.22. The zero-order valence-corrected chi connectivity index (χ0v) is 19.1. The molecule has 3 heterocycles. The maximum atomic E-state index is 6.02. The van der Waals surface area contributed by atoms with E-state index in [0.29, 0.717) is 18.5 Å². The van der Waals surface area contributed by atoms with E-state index >= 15 is 0 Å². The minimum atomic E-state index is 0. The molecular weight excluding hydrogens is 485 g/mol. The Hall–Kier alpha value is -1.65. The second-order valence-electron chi connectivity index (χ2n) is 6.76. The van der Waals surface area contributed by atoms with Gasteiger partial charge in [-0.3, -0.25) is 4.90 Å². The maximum Gasteiger partial charge on any atom is 0.189 e. The van der Waals surface area contributed by atoms with Crippen molar-refractivity contribution < 1.29 is 4.42 Å². The monoisotopic (exact) mass is 511 g/mol. The number of nitrogens with zero attached hydrogens (tertiary/aromatic N) is 3. The van der Waals surface area contributed by atoms with Crippen LogP contribution in [0.2, 0.25) is 0 Å². The number of halogens is 1. The van der Waals surface area contributed by atoms with Crippen LogP contribution in [0, 0.1) is 0 Å². The van der Waals surface area contributed by atoms with Gasteiger partial charge in [0, 0.05) is 12.6 Å². The average Bonchev–Trinajstić information content (AvgIpc) is 3.42. The molecule has 0 bridgehead atoms. The molecule has 0 radical (unpaired) electrons. The summed E-state index contributed by atoms with van der Waals surface area (Å²) in [5.41, 5.74) is 7.02. The zero-order valence-electron chi connectivity index (χ0n) is 15.9. The number of nitrogens with one attached hydrogen (secondary N) is 1. The van der Waals surface area contributed by atoms with Gasteiger partial charge < -0.3 is 15.5 Å². The molecule has 28 heavy (non-hydrogen) atoms. The first-order valence-corrected chi connectivity index (χ1v) is 10.3. The summed E-state index contributed by atoms with van der Waals surface area (Å²) >= 11 is 1.63. The number of furan rings is 1. The largest absolute Gasteiger partial charge is 0.457 e. The molecule has 3 N–H and O–H groups in total. The lowest BCUT2D eigenvalue weighted by Crippen LogP contribution is -2.42. The number of likely N-dealkylation sites (tertiary alicyclic amines) is 1. The van der Waals surface area contributed by atoms with Crippen molar-refractivity contribution in [2.24, 2.45) is 10.7 Å². The molecule has 4 rings (SSSR count). The van der Waals surface area contributed by atoms with E-state index in [1.54, 1.807) is 11.3 Å². The lowest BCUT2D eigenvalue weighted by molar-refractivity contribution is 0.267. The number of aliphatic imine (C=N–C) groups is 1. The number of rotatable bonds is 6. The Balaban J connectivity index is 0.00000225. The lowest BCUT2D eigenvalue weighted by Gasteiger charge is -2.23. The van der Waals surface area contributed by atoms with Crippen LogP contribution in [0.15, 0.2) is 45.8 Å². The predicted octanol–water partition coefficient (Wildman–Crippen LogP) is 4.06. The molecule has 3 aromatic rings. The van der Waals surface area contributed by atoms with Gasteiger partial charge in [0.2, 0.25) is 0 Å². The molecule has 2 aromatic heterocycles. The van der Waals surface area contributed by atoms with Crippen LogP contribution in [-0.2, 0) is 6.54 Å². The van der Waals surface area contributed by atoms with E-state index in [4.69, 9.17) is 10.2 Å². The third-order valence-corrected chi connectivity index (χ3v) is 6.05. The summed E-state index contributed by atoms with van der Waals surface area (Å²) in [5.74, 6) is 2.03. The molecule has 150 valence electrons. The fourth-order valence-corrected chi connectivity index (χ4v) is 4.47. The highest BCUT2D eigenvalue weighted by molar-refractivity contribution is 14.0. The zero-order chi connectivity index (χ0) is 18.6. The summed E-state index contributed by atoms with van der Waals surface area (Å²) in [7, 11) is 0. The molecule has 0 spiro atoms. The number of likely N-dealkylation sites (N-methyl/N-ethyl adjacent to an activating group) is 1. The summed E-state index contributed by atoms with van der Waals surface area (Å²) in [6.07, 6.45) is 2.48. The highest BCUT2D eigenvalue weighted by atomic mass is 127. The van der Waals surface area contributed by atoms with E-state index in [2.05, 4.69) is 33.2 Å². The van der Waals surface area contributed by atoms with Gasteiger partial charge in [0.05, 0.1) is 10.2 Å². The molecule has 1 saturated heterocycles. The fourth-order valence-electron chi connectivity index (χ4n) is 3.54. The Morgan fingerprint density at radius 3 is 3.04 bits per heavy atom. The van der Waals surface area contributed by atoms with E-state index in [-0.39, 0.29) is 24.0 Å². The summed E-state index contributed by atoms with van der Waals surface area (Å²) in [4.78, 5) is 11.5. The van der Waals surface area contributed by atoms with Crippen molar-refractivity contribution in [2.45, 2.75) is 32.4 Å². The Bertz CT molecular complexity index is 904. The van der Waals surface area contributed by atoms with Crippen LogP contribution in [0.5, 0.6) is 0 Å². The van der Waals surface area contributed by atoms with Crippen molar-refractivity contribution in [1.82, 2.24) is 15.2 Å². The first-order valence-electron chi connectivity index (χ1n) is 9.45. The minimum Gasteiger partial charge on any atom is -0.457 e. The molecular formula is C20H26IN5OS. The van der Waals surface area contributed by atoms with Gasteiger partial charge in [0.25, 0.3) is 0 Å². The summed E-state index contributed by atoms with van der Waals surface area (Å²) in [5, 5.41) is 4.14. The van der Waals surface area contributed by atoms with Crippen LogP contribution in [-0.4, -0.2) is 41.5 Å². The normalized spacial score (nSPS) is 17.8. The Morgan fingerprint density at radius 2 is 2.21 bits per heavy atom. The third kappa shape index (κ3) is 4.84. The van der Waals surface area contributed by atoms with Gasteiger partial charge in [-0.15, -0.1) is 35.3 Å². The number of fused-ring (bicyclic) bond motifs is 1. The van der Waals surface area contributed by atoms with Gasteiger partial charge in [-0.1, -0.05) is 19.1 Å². The average molecular weight is 511 g/mol. The van der Waals surface area contributed by atoms with Gasteiger partial charge in [-0.25, -0.2) is 9.98 Å². The van der Waals surface area contributed by atoms with Gasteiger partial charge in [0.1, 0.15) is 12.3 Å². The smallest absolute Gasteiger partial charge is 0.189 e. The Morgan fingerprint density at radius 1 is 1.36 bits per heavy atom. The molecule has 6 nitrogen and oxygen atoms in total. The molecule has 8 heteroatoms. The van der Waals surface area contributed by atoms with E-state index in [9.17, 15) is 0 Å². The van der Waals surface area contributed by atoms with E-state index in [0.717, 1.165) is 39.8 Å². The number of hydrogen-bond donors (Lipinski definition) is 2. The number of thiazole rings is 1. The molecule has 1 unspecified atom stereocenters. The van der Waals surface area contributed by atoms with Crippen LogP contribution in [0.25, 0.3) is 21.0 Å². The van der Waals surface area contributed by atoms with Crippen LogP contribution >= 0.6 is 35.3 Å². The number of hydrogen-bond acceptors (Lipinski definition) is 5. The van der Waals surface area contributed by atoms with Crippen molar-refractivity contribution in [1.29, 1.82) is 0 Å². The molecule has 1 fully saturated rings. The number of nitrogens with two attached hydrogens (primary N) is 1. The Labute approximate surface area is 186 Å². The maximum absolute atomic E-state index is 6.02. The van der Waals surface area contributed by atoms with Crippen LogP contribution in [0.1, 0.15) is 25.5 Å². The second-order valence-corrected chi connectivity index (χ2v) is 7.79. The van der Waals surface area contributed by atoms with Gasteiger partial charge in [0.15, 0.2) is 16.7 Å². The molecule has 1 aromatic carbocycles. The van der Waals surface area contributed by atoms with Gasteiger partial charge in [-0.2, -0.15) is 0 Å². The first-order chi connectivity index (χ1) is 13.2. The quantitative estimate of drug-likeness (QED) is 0.297. The molecule has 0 saturated carbocycles. The van der Waals surface area contributed by atoms with Crippen molar-refractivity contribution in [2.75, 3.05) is 19.6 Å². The molecule has 0 aliphatic carbocycles. The topological polar surface area (TPSA) is 79.7 Å². The van der Waals surface area contributed by atoms with Crippen LogP contribution in [0.3, 0.4) is 0 Å². The first kappa shape index (κ1) is 21.1. The molecule has 1 aliphatic heterocycles. The van der Waals surface area contributed by atoms with Gasteiger partial charge >= 0.3 is 0 Å². The molecule has 0 amide bonds. The van der Waals surface area contributed by atoms with Crippen molar-refractivity contribution in [3.05, 3.63) is 42.2 Å². The minimum absolute atomic E-state index is 0. The standard InChI is InChI=1S/C20H25N5OS.HI/c1-2-25-11-5-6-14(25)12-22-20(21)23-13-15-9-10-17(26-15)19-24-16-7-3-4-8-18(16)27-19;/h3-4,7-10,14H,2,5-6,11-13H2,1H3,(H3,21,22,23);1H. The number of para-hydroxylation sites is 1. The van der Waals surface area contributed by atoms with E-state index in [1.807, 2.05) is 30.3 Å². The summed E-state index contributed by atoms with van der Waals surface area (Å²) < 4.78 is 7.07. The van der Waals surface area contributed by atoms with Crippen molar-refractivity contribution in [3.63, 3.8) is 0 Å². The second kappa shape index (κ2) is 9.71. The summed E-state index contributed by atoms with van der Waals surface area (Å²) in [6.45, 7) is 5.74. The van der Waals surface area contributed by atoms with Crippen LogP contribution in [0.4, 0.5) is 0 Å². The fraction of sp³-hybridized carbons (Fsp3) is 0.400. The number of benzene rings is 1. The number of aromatic nitrogens is 1. The molecule has 1 aliphatic rings. The summed E-state index contributed by atoms with van der Waals surface area (Å²) in [6, 6.07) is 12.5. The third-order valence-electron chi connectivity index (χ3n) is 5.00. The van der Waals surface area contributed by atoms with Crippen molar-refractivity contribution in [3.8, 4) is 10.8 Å². The van der Waals surface area contributed by atoms with E-state index in [1.165, 1.54) is 19.4 Å². The Kier molecular flexibility index (Phi) is 7.30. The highest BCUT2D eigenvalue weighted by Crippen LogP contribution is 2.31. The van der Waals surface area contributed by atoms with E-state index < -0.39 is 0 Å². The van der Waals surface area contributed by atoms with Crippen LogP contribution < -0.4 is 11.1 Å². The predicted molar refractivity (Wildman–Crippen MR) is 126 cm³/mol. The lowest BCUT2D eigenvalue weighted by atomic mass is 10.2. The SMILES string of the molecule is CCN1CCCC1CNC(N)=NCc1ccc(-c2nc3ccccc3s2)o1.I. The van der Waals surface area contributed by atoms with Gasteiger partial charge in [-0.05, 0) is 50.2 Å². The van der Waals surface area contributed by atoms with Crippen molar-refractivity contribution >= 4 is 51.5 Å². The molecule has 1 atom stereocenters. The number of guanidine groups is 1.